The van der Waals surface area contributed by atoms with Gasteiger partial charge in [0.15, 0.2) is 5.79 Å². The molecule has 0 aliphatic carbocycles. The van der Waals surface area contributed by atoms with Crippen molar-refractivity contribution in [3.05, 3.63) is 42.5 Å². The van der Waals surface area contributed by atoms with Crippen molar-refractivity contribution in [2.24, 2.45) is 5.92 Å². The first-order valence-electron chi connectivity index (χ1n) is 11.0. The summed E-state index contributed by atoms with van der Waals surface area (Å²) >= 11 is 0. The fraction of sp³-hybridized carbons (Fsp3) is 0.522. The largest absolute Gasteiger partial charge is 0.347 e. The van der Waals surface area contributed by atoms with Gasteiger partial charge in [-0.25, -0.2) is 8.42 Å². The molecule has 3 fully saturated rings. The van der Waals surface area contributed by atoms with Crippen molar-refractivity contribution in [1.29, 1.82) is 0 Å². The van der Waals surface area contributed by atoms with Crippen LogP contribution in [0.2, 0.25) is 0 Å². The maximum atomic E-state index is 13.2. The number of piperidine rings is 2. The normalized spacial score (nSPS) is 22.9. The highest BCUT2D eigenvalue weighted by Crippen LogP contribution is 2.33. The van der Waals surface area contributed by atoms with Crippen LogP contribution in [0.5, 0.6) is 0 Å². The minimum atomic E-state index is -3.57. The Hall–Kier alpha value is -2.00. The SMILES string of the molecule is O=C(C1CCN(S(=O)(=O)c2ccc3ccccc3c2)CC1)N1CCC2(CC1)OCCO2. The average molecular weight is 445 g/mol. The molecule has 0 atom stereocenters. The summed E-state index contributed by atoms with van der Waals surface area (Å²) in [6.07, 6.45) is 2.52. The first-order chi connectivity index (χ1) is 15.0. The third kappa shape index (κ3) is 3.98. The van der Waals surface area contributed by atoms with Gasteiger partial charge < -0.3 is 14.4 Å². The van der Waals surface area contributed by atoms with Gasteiger partial charge in [0.05, 0.1) is 18.1 Å². The van der Waals surface area contributed by atoms with Gasteiger partial charge in [-0.15, -0.1) is 0 Å². The zero-order valence-corrected chi connectivity index (χ0v) is 18.4. The van der Waals surface area contributed by atoms with Gasteiger partial charge in [0.2, 0.25) is 15.9 Å². The molecule has 7 nitrogen and oxygen atoms in total. The monoisotopic (exact) mass is 444 g/mol. The van der Waals surface area contributed by atoms with Gasteiger partial charge in [-0.1, -0.05) is 30.3 Å². The molecule has 1 spiro atoms. The molecule has 3 saturated heterocycles. The topological polar surface area (TPSA) is 76.2 Å². The molecule has 0 unspecified atom stereocenters. The Labute approximate surface area is 183 Å². The number of amides is 1. The van der Waals surface area contributed by atoms with Crippen LogP contribution in [-0.4, -0.2) is 68.7 Å². The van der Waals surface area contributed by atoms with E-state index < -0.39 is 15.8 Å². The van der Waals surface area contributed by atoms with Gasteiger partial charge in [-0.05, 0) is 35.7 Å². The van der Waals surface area contributed by atoms with Crippen LogP contribution in [0, 0.1) is 5.92 Å². The standard InChI is InChI=1S/C23H28N2O5S/c26-22(24-13-9-23(10-14-24)29-15-16-30-23)19-7-11-25(12-8-19)31(27,28)21-6-5-18-3-1-2-4-20(18)17-21/h1-6,17,19H,7-16H2. The van der Waals surface area contributed by atoms with Crippen molar-refractivity contribution in [2.45, 2.75) is 36.4 Å². The molecule has 166 valence electrons. The summed E-state index contributed by atoms with van der Waals surface area (Å²) in [5, 5.41) is 1.93. The van der Waals surface area contributed by atoms with Crippen molar-refractivity contribution < 1.29 is 22.7 Å². The molecule has 3 heterocycles. The van der Waals surface area contributed by atoms with Crippen molar-refractivity contribution >= 4 is 26.7 Å². The second-order valence-corrected chi connectivity index (χ2v) is 10.6. The molecule has 3 aliphatic rings. The number of nitrogens with zero attached hydrogens (tertiary/aromatic N) is 2. The quantitative estimate of drug-likeness (QED) is 0.727. The van der Waals surface area contributed by atoms with Gasteiger partial charge in [0.1, 0.15) is 0 Å². The lowest BCUT2D eigenvalue weighted by Crippen LogP contribution is -2.50. The average Bonchev–Trinajstić information content (AvgIpc) is 3.26. The molecule has 0 radical (unpaired) electrons. The van der Waals surface area contributed by atoms with E-state index in [1.54, 1.807) is 12.1 Å². The zero-order chi connectivity index (χ0) is 21.5. The zero-order valence-electron chi connectivity index (χ0n) is 17.5. The van der Waals surface area contributed by atoms with E-state index in [9.17, 15) is 13.2 Å². The number of ether oxygens (including phenoxy) is 2. The Morgan fingerprint density at radius 3 is 2.23 bits per heavy atom. The van der Waals surface area contributed by atoms with Gasteiger partial charge in [-0.3, -0.25) is 4.79 Å². The Bertz CT molecular complexity index is 1060. The van der Waals surface area contributed by atoms with E-state index in [1.807, 2.05) is 35.2 Å². The first kappa shape index (κ1) is 20.9. The number of benzene rings is 2. The van der Waals surface area contributed by atoms with Crippen molar-refractivity contribution in [1.82, 2.24) is 9.21 Å². The summed E-state index contributed by atoms with van der Waals surface area (Å²) in [6, 6.07) is 13.0. The van der Waals surface area contributed by atoms with Gasteiger partial charge >= 0.3 is 0 Å². The molecule has 5 rings (SSSR count). The van der Waals surface area contributed by atoms with Crippen molar-refractivity contribution in [2.75, 3.05) is 39.4 Å². The summed E-state index contributed by atoms with van der Waals surface area (Å²) in [4.78, 5) is 15.2. The van der Waals surface area contributed by atoms with Crippen LogP contribution in [0.4, 0.5) is 0 Å². The lowest BCUT2D eigenvalue weighted by atomic mass is 9.94. The van der Waals surface area contributed by atoms with E-state index in [-0.39, 0.29) is 11.8 Å². The third-order valence-electron chi connectivity index (χ3n) is 6.81. The summed E-state index contributed by atoms with van der Waals surface area (Å²) in [6.45, 7) is 3.25. The summed E-state index contributed by atoms with van der Waals surface area (Å²) in [5.41, 5.74) is 0. The molecular formula is C23H28N2O5S. The molecule has 31 heavy (non-hydrogen) atoms. The van der Waals surface area contributed by atoms with Gasteiger partial charge in [0.25, 0.3) is 0 Å². The Morgan fingerprint density at radius 2 is 1.55 bits per heavy atom. The Balaban J connectivity index is 1.21. The number of hydrogen-bond donors (Lipinski definition) is 0. The number of likely N-dealkylation sites (tertiary alicyclic amines) is 1. The molecule has 1 amide bonds. The molecule has 0 saturated carbocycles. The molecule has 2 aromatic rings. The number of rotatable bonds is 3. The van der Waals surface area contributed by atoms with E-state index in [1.165, 1.54) is 4.31 Å². The van der Waals surface area contributed by atoms with E-state index in [0.717, 1.165) is 10.8 Å². The molecule has 0 bridgehead atoms. The molecule has 3 aliphatic heterocycles. The highest BCUT2D eigenvalue weighted by Gasteiger charge is 2.42. The second kappa shape index (κ2) is 8.16. The minimum absolute atomic E-state index is 0.123. The van der Waals surface area contributed by atoms with Gasteiger partial charge in [-0.2, -0.15) is 4.31 Å². The highest BCUT2D eigenvalue weighted by molar-refractivity contribution is 7.89. The molecular weight excluding hydrogens is 416 g/mol. The maximum Gasteiger partial charge on any atom is 0.243 e. The molecule has 0 aromatic heterocycles. The summed E-state index contributed by atoms with van der Waals surface area (Å²) < 4.78 is 39.3. The lowest BCUT2D eigenvalue weighted by Gasteiger charge is -2.40. The van der Waals surface area contributed by atoms with Crippen molar-refractivity contribution in [3.8, 4) is 0 Å². The van der Waals surface area contributed by atoms with Crippen LogP contribution in [0.1, 0.15) is 25.7 Å². The van der Waals surface area contributed by atoms with E-state index in [4.69, 9.17) is 9.47 Å². The van der Waals surface area contributed by atoms with E-state index >= 15 is 0 Å². The minimum Gasteiger partial charge on any atom is -0.347 e. The molecule has 2 aromatic carbocycles. The molecule has 0 N–H and O–H groups in total. The fourth-order valence-corrected chi connectivity index (χ4v) is 6.44. The van der Waals surface area contributed by atoms with Crippen LogP contribution in [-0.2, 0) is 24.3 Å². The maximum absolute atomic E-state index is 13.2. The van der Waals surface area contributed by atoms with Crippen LogP contribution >= 0.6 is 0 Å². The third-order valence-corrected chi connectivity index (χ3v) is 8.71. The van der Waals surface area contributed by atoms with Crippen LogP contribution < -0.4 is 0 Å². The second-order valence-electron chi connectivity index (χ2n) is 8.62. The number of sulfonamides is 1. The van der Waals surface area contributed by atoms with E-state index in [0.29, 0.717) is 70.0 Å². The number of carbonyl (C=O) groups excluding carboxylic acids is 1. The predicted molar refractivity (Wildman–Crippen MR) is 116 cm³/mol. The lowest BCUT2D eigenvalue weighted by molar-refractivity contribution is -0.188. The Kier molecular flexibility index (Phi) is 5.50. The van der Waals surface area contributed by atoms with Gasteiger partial charge in [0, 0.05) is 44.9 Å². The van der Waals surface area contributed by atoms with Crippen LogP contribution in [0.3, 0.4) is 0 Å². The number of hydrogen-bond acceptors (Lipinski definition) is 5. The van der Waals surface area contributed by atoms with E-state index in [2.05, 4.69) is 0 Å². The van der Waals surface area contributed by atoms with Crippen molar-refractivity contribution in [3.63, 3.8) is 0 Å². The summed E-state index contributed by atoms with van der Waals surface area (Å²) in [5.74, 6) is -0.480. The fourth-order valence-electron chi connectivity index (χ4n) is 4.93. The number of carbonyl (C=O) groups is 1. The van der Waals surface area contributed by atoms with Crippen LogP contribution in [0.25, 0.3) is 10.8 Å². The Morgan fingerprint density at radius 1 is 0.903 bits per heavy atom. The smallest absolute Gasteiger partial charge is 0.243 e. The van der Waals surface area contributed by atoms with Crippen LogP contribution in [0.15, 0.2) is 47.4 Å². The highest BCUT2D eigenvalue weighted by atomic mass is 32.2. The summed E-state index contributed by atoms with van der Waals surface area (Å²) in [7, 11) is -3.57. The first-order valence-corrected chi connectivity index (χ1v) is 12.5. The molecule has 8 heteroatoms. The predicted octanol–water partition coefficient (Wildman–Crippen LogP) is 2.61. The number of fused-ring (bicyclic) bond motifs is 1.